The topological polar surface area (TPSA) is 38.0 Å². The van der Waals surface area contributed by atoms with Gasteiger partial charge in [0.1, 0.15) is 0 Å². The Morgan fingerprint density at radius 3 is 3.15 bits per heavy atom. The number of para-hydroxylation sites is 2. The summed E-state index contributed by atoms with van der Waals surface area (Å²) < 4.78 is 2.00. The van der Waals surface area contributed by atoms with Gasteiger partial charge >= 0.3 is 1.43 Å². The summed E-state index contributed by atoms with van der Waals surface area (Å²) in [6.45, 7) is 0.724. The Morgan fingerprint density at radius 2 is 2.23 bits per heavy atom. The Morgan fingerprint density at radius 1 is 1.38 bits per heavy atom. The highest BCUT2D eigenvalue weighted by atomic mass is 16.3. The van der Waals surface area contributed by atoms with Gasteiger partial charge in [-0.25, -0.2) is 4.98 Å². The van der Waals surface area contributed by atoms with Crippen LogP contribution in [0.4, 0.5) is 0 Å². The molecule has 3 heteroatoms. The van der Waals surface area contributed by atoms with Crippen molar-refractivity contribution in [3.8, 4) is 0 Å². The van der Waals surface area contributed by atoms with E-state index in [2.05, 4.69) is 4.98 Å². The molecule has 0 aliphatic carbocycles. The van der Waals surface area contributed by atoms with E-state index >= 15 is 0 Å². The maximum Gasteiger partial charge on any atom is 1.00 e. The lowest BCUT2D eigenvalue weighted by molar-refractivity contribution is 0.508. The molecule has 0 bridgehead atoms. The van der Waals surface area contributed by atoms with E-state index in [0.717, 1.165) is 17.6 Å². The molecule has 0 unspecified atom stereocenters. The van der Waals surface area contributed by atoms with Crippen LogP contribution >= 0.6 is 0 Å². The molecule has 13 heavy (non-hydrogen) atoms. The minimum Gasteiger partial charge on any atom is -0.504 e. The van der Waals surface area contributed by atoms with Crippen LogP contribution in [0.15, 0.2) is 30.3 Å². The zero-order valence-corrected chi connectivity index (χ0v) is 6.94. The average molecular weight is 173 g/mol. The molecule has 2 aromatic rings. The van der Waals surface area contributed by atoms with Crippen molar-refractivity contribution < 1.29 is 6.53 Å². The van der Waals surface area contributed by atoms with E-state index in [1.807, 2.05) is 28.8 Å². The SMILES string of the molecule is OC1=CCn2c1nc1ccccc12.[H+]. The summed E-state index contributed by atoms with van der Waals surface area (Å²) in [7, 11) is 0. The first-order valence-corrected chi connectivity index (χ1v) is 4.21. The molecule has 3 nitrogen and oxygen atoms in total. The summed E-state index contributed by atoms with van der Waals surface area (Å²) in [6.07, 6.45) is 1.77. The van der Waals surface area contributed by atoms with Gasteiger partial charge < -0.3 is 9.67 Å². The van der Waals surface area contributed by atoms with Gasteiger partial charge in [-0.2, -0.15) is 0 Å². The number of nitrogens with zero attached hydrogens (tertiary/aromatic N) is 2. The second kappa shape index (κ2) is 2.13. The molecular weight excluding hydrogens is 164 g/mol. The van der Waals surface area contributed by atoms with Crippen LogP contribution in [-0.4, -0.2) is 14.7 Å². The lowest BCUT2D eigenvalue weighted by Crippen LogP contribution is -1.92. The van der Waals surface area contributed by atoms with E-state index in [1.165, 1.54) is 0 Å². The predicted molar refractivity (Wildman–Crippen MR) is 51.5 cm³/mol. The van der Waals surface area contributed by atoms with Crippen LogP contribution in [0.2, 0.25) is 0 Å². The number of hydrogen-bond donors (Lipinski definition) is 1. The zero-order chi connectivity index (χ0) is 8.84. The number of benzene rings is 1. The molecule has 1 N–H and O–H groups in total. The van der Waals surface area contributed by atoms with Crippen molar-refractivity contribution in [1.82, 2.24) is 9.55 Å². The van der Waals surface area contributed by atoms with Crippen LogP contribution in [-0.2, 0) is 6.54 Å². The maximum absolute atomic E-state index is 9.46. The third kappa shape index (κ3) is 0.758. The molecule has 1 aromatic carbocycles. The minimum absolute atomic E-state index is 0. The Bertz CT molecular complexity index is 516. The number of rotatable bonds is 0. The van der Waals surface area contributed by atoms with Crippen LogP contribution in [0.25, 0.3) is 16.8 Å². The summed E-state index contributed by atoms with van der Waals surface area (Å²) in [4.78, 5) is 4.32. The summed E-state index contributed by atoms with van der Waals surface area (Å²) in [5.41, 5.74) is 2.02. The third-order valence-corrected chi connectivity index (χ3v) is 2.35. The van der Waals surface area contributed by atoms with Crippen molar-refractivity contribution in [2.45, 2.75) is 6.54 Å². The van der Waals surface area contributed by atoms with Gasteiger partial charge in [0, 0.05) is 6.54 Å². The van der Waals surface area contributed by atoms with E-state index in [9.17, 15) is 5.11 Å². The molecule has 2 heterocycles. The highest BCUT2D eigenvalue weighted by molar-refractivity contribution is 5.80. The van der Waals surface area contributed by atoms with Crippen molar-refractivity contribution >= 4 is 16.8 Å². The molecule has 0 fully saturated rings. The molecule has 0 spiro atoms. The number of aliphatic hydroxyl groups is 1. The van der Waals surface area contributed by atoms with E-state index in [-0.39, 0.29) is 7.19 Å². The molecule has 0 amide bonds. The number of fused-ring (bicyclic) bond motifs is 3. The number of hydrogen-bond acceptors (Lipinski definition) is 2. The maximum atomic E-state index is 9.46. The van der Waals surface area contributed by atoms with Crippen LogP contribution < -0.4 is 0 Å². The lowest BCUT2D eigenvalue weighted by Gasteiger charge is -1.95. The summed E-state index contributed by atoms with van der Waals surface area (Å²) in [5.74, 6) is 0.970. The van der Waals surface area contributed by atoms with Gasteiger partial charge in [0.15, 0.2) is 11.6 Å². The number of aliphatic hydroxyl groups excluding tert-OH is 1. The Kier molecular flexibility index (Phi) is 1.10. The standard InChI is InChI=1S/C10H8N2O/c13-9-5-6-12-8-4-2-1-3-7(8)11-10(9)12/h1-5,13H,6H2/p+1. The molecule has 0 radical (unpaired) electrons. The molecule has 0 atom stereocenters. The highest BCUT2D eigenvalue weighted by Crippen LogP contribution is 2.24. The van der Waals surface area contributed by atoms with Crippen molar-refractivity contribution in [3.63, 3.8) is 0 Å². The van der Waals surface area contributed by atoms with Crippen LogP contribution in [0.5, 0.6) is 0 Å². The summed E-state index contributed by atoms with van der Waals surface area (Å²) in [5, 5.41) is 9.46. The first-order chi connectivity index (χ1) is 6.36. The van der Waals surface area contributed by atoms with Crippen LogP contribution in [0, 0.1) is 0 Å². The fourth-order valence-electron chi connectivity index (χ4n) is 1.72. The average Bonchev–Trinajstić information content (AvgIpc) is 2.67. The fraction of sp³-hybridized carbons (Fsp3) is 0.100. The van der Waals surface area contributed by atoms with E-state index in [0.29, 0.717) is 5.82 Å². The monoisotopic (exact) mass is 173 g/mol. The van der Waals surface area contributed by atoms with Gasteiger partial charge in [-0.05, 0) is 18.2 Å². The van der Waals surface area contributed by atoms with Gasteiger partial charge in [0.2, 0.25) is 0 Å². The van der Waals surface area contributed by atoms with E-state index < -0.39 is 0 Å². The second-order valence-corrected chi connectivity index (χ2v) is 3.12. The van der Waals surface area contributed by atoms with E-state index in [4.69, 9.17) is 0 Å². The highest BCUT2D eigenvalue weighted by Gasteiger charge is 2.17. The molecule has 1 aliphatic rings. The Hall–Kier alpha value is -1.77. The zero-order valence-electron chi connectivity index (χ0n) is 7.94. The molecular formula is C10H9N2O+. The van der Waals surface area contributed by atoms with Gasteiger partial charge in [0.25, 0.3) is 0 Å². The van der Waals surface area contributed by atoms with Gasteiger partial charge in [-0.15, -0.1) is 0 Å². The first kappa shape index (κ1) is 6.71. The first-order valence-electron chi connectivity index (χ1n) is 4.21. The molecule has 0 saturated carbocycles. The number of allylic oxidation sites excluding steroid dienone is 1. The number of imidazole rings is 1. The van der Waals surface area contributed by atoms with Crippen LogP contribution in [0.1, 0.15) is 7.25 Å². The predicted octanol–water partition coefficient (Wildman–Crippen LogP) is 2.06. The second-order valence-electron chi connectivity index (χ2n) is 3.12. The number of aromatic nitrogens is 2. The van der Waals surface area contributed by atoms with Gasteiger partial charge in [-0.1, -0.05) is 12.1 Å². The fourth-order valence-corrected chi connectivity index (χ4v) is 1.72. The molecule has 3 rings (SSSR count). The van der Waals surface area contributed by atoms with Crippen molar-refractivity contribution in [2.24, 2.45) is 0 Å². The van der Waals surface area contributed by atoms with Gasteiger partial charge in [-0.3, -0.25) is 0 Å². The molecule has 1 aliphatic heterocycles. The largest absolute Gasteiger partial charge is 1.00 e. The quantitative estimate of drug-likeness (QED) is 0.662. The third-order valence-electron chi connectivity index (χ3n) is 2.35. The normalized spacial score (nSPS) is 14.6. The molecule has 0 saturated heterocycles. The van der Waals surface area contributed by atoms with Crippen molar-refractivity contribution in [1.29, 1.82) is 0 Å². The van der Waals surface area contributed by atoms with Crippen LogP contribution in [0.3, 0.4) is 0 Å². The lowest BCUT2D eigenvalue weighted by atomic mass is 10.3. The molecule has 1 aromatic heterocycles. The van der Waals surface area contributed by atoms with Crippen molar-refractivity contribution in [3.05, 3.63) is 36.2 Å². The minimum atomic E-state index is 0. The Balaban J connectivity index is 0.000000750. The smallest absolute Gasteiger partial charge is 0.504 e. The molecule has 64 valence electrons. The summed E-state index contributed by atoms with van der Waals surface area (Å²) in [6, 6.07) is 7.89. The van der Waals surface area contributed by atoms with Gasteiger partial charge in [0.05, 0.1) is 11.0 Å². The van der Waals surface area contributed by atoms with E-state index in [1.54, 1.807) is 6.08 Å². The Labute approximate surface area is 76.4 Å². The van der Waals surface area contributed by atoms with Crippen molar-refractivity contribution in [2.75, 3.05) is 0 Å². The summed E-state index contributed by atoms with van der Waals surface area (Å²) >= 11 is 0.